The molecule has 4 aromatic heterocycles. The Bertz CT molecular complexity index is 1150. The van der Waals surface area contributed by atoms with Crippen molar-refractivity contribution in [1.29, 1.82) is 0 Å². The SMILES string of the molecule is O=C(O)c1cn(-c2nc(-c3ccncc3)ns2)c2ncccc2c1=O. The lowest BCUT2D eigenvalue weighted by Crippen LogP contribution is -2.18. The van der Waals surface area contributed by atoms with Gasteiger partial charge in [0.25, 0.3) is 0 Å². The maximum atomic E-state index is 12.3. The molecule has 0 aromatic carbocycles. The van der Waals surface area contributed by atoms with Crippen LogP contribution in [-0.2, 0) is 0 Å². The number of hydrogen-bond donors (Lipinski definition) is 1. The van der Waals surface area contributed by atoms with E-state index < -0.39 is 11.4 Å². The van der Waals surface area contributed by atoms with E-state index in [0.717, 1.165) is 17.1 Å². The Morgan fingerprint density at radius 1 is 1.16 bits per heavy atom. The van der Waals surface area contributed by atoms with Crippen molar-refractivity contribution in [3.63, 3.8) is 0 Å². The fourth-order valence-corrected chi connectivity index (χ4v) is 3.06. The predicted octanol–water partition coefficient (Wildman–Crippen LogP) is 2.00. The van der Waals surface area contributed by atoms with E-state index in [2.05, 4.69) is 19.3 Å². The number of pyridine rings is 3. The largest absolute Gasteiger partial charge is 0.477 e. The zero-order valence-corrected chi connectivity index (χ0v) is 13.3. The summed E-state index contributed by atoms with van der Waals surface area (Å²) in [7, 11) is 0. The summed E-state index contributed by atoms with van der Waals surface area (Å²) in [5.41, 5.74) is 0.191. The van der Waals surface area contributed by atoms with Gasteiger partial charge in [0.1, 0.15) is 11.2 Å². The third kappa shape index (κ3) is 2.56. The fraction of sp³-hybridized carbons (Fsp3) is 0. The minimum Gasteiger partial charge on any atom is -0.477 e. The summed E-state index contributed by atoms with van der Waals surface area (Å²) in [5, 5.41) is 9.93. The molecule has 4 aromatic rings. The van der Waals surface area contributed by atoms with Crippen LogP contribution in [0.4, 0.5) is 0 Å². The molecule has 122 valence electrons. The second-order valence-corrected chi connectivity index (χ2v) is 5.79. The highest BCUT2D eigenvalue weighted by Gasteiger charge is 2.18. The van der Waals surface area contributed by atoms with Crippen molar-refractivity contribution in [2.75, 3.05) is 0 Å². The third-order valence-corrected chi connectivity index (χ3v) is 4.27. The number of carbonyl (C=O) groups is 1. The number of hydrogen-bond acceptors (Lipinski definition) is 7. The normalized spacial score (nSPS) is 10.9. The van der Waals surface area contributed by atoms with Gasteiger partial charge < -0.3 is 5.11 Å². The van der Waals surface area contributed by atoms with Gasteiger partial charge in [-0.15, -0.1) is 0 Å². The van der Waals surface area contributed by atoms with Crippen LogP contribution in [0.1, 0.15) is 10.4 Å². The number of carboxylic acid groups (broad SMARTS) is 1. The molecule has 8 nitrogen and oxygen atoms in total. The number of rotatable bonds is 3. The summed E-state index contributed by atoms with van der Waals surface area (Å²) in [6.07, 6.45) is 6.03. The van der Waals surface area contributed by atoms with Gasteiger partial charge >= 0.3 is 5.97 Å². The Labute approximate surface area is 144 Å². The smallest absolute Gasteiger partial charge is 0.341 e. The Balaban J connectivity index is 1.96. The molecule has 4 rings (SSSR count). The van der Waals surface area contributed by atoms with Gasteiger partial charge in [0, 0.05) is 41.9 Å². The van der Waals surface area contributed by atoms with Crippen molar-refractivity contribution >= 4 is 28.5 Å². The summed E-state index contributed by atoms with van der Waals surface area (Å²) in [4.78, 5) is 36.3. The van der Waals surface area contributed by atoms with E-state index >= 15 is 0 Å². The van der Waals surface area contributed by atoms with E-state index in [4.69, 9.17) is 0 Å². The minimum atomic E-state index is -1.30. The molecule has 9 heteroatoms. The molecule has 4 heterocycles. The van der Waals surface area contributed by atoms with Gasteiger partial charge in [0.05, 0.1) is 5.39 Å². The van der Waals surface area contributed by atoms with E-state index in [1.165, 1.54) is 17.0 Å². The summed E-state index contributed by atoms with van der Waals surface area (Å²) >= 11 is 1.09. The van der Waals surface area contributed by atoms with E-state index in [1.807, 2.05) is 0 Å². The molecule has 25 heavy (non-hydrogen) atoms. The van der Waals surface area contributed by atoms with Crippen LogP contribution in [0.25, 0.3) is 27.6 Å². The standard InChI is InChI=1S/C16H9N5O3S/c22-12-10-2-1-5-18-14(10)21(8-11(12)15(23)24)16-19-13(20-25-16)9-3-6-17-7-4-9/h1-8H,(H,23,24). The highest BCUT2D eigenvalue weighted by Crippen LogP contribution is 2.22. The highest BCUT2D eigenvalue weighted by molar-refractivity contribution is 7.08. The van der Waals surface area contributed by atoms with Crippen molar-refractivity contribution in [2.45, 2.75) is 0 Å². The lowest BCUT2D eigenvalue weighted by atomic mass is 10.2. The van der Waals surface area contributed by atoms with Crippen LogP contribution in [0.2, 0.25) is 0 Å². The third-order valence-electron chi connectivity index (χ3n) is 3.55. The lowest BCUT2D eigenvalue weighted by molar-refractivity contribution is 0.0695. The molecule has 0 aliphatic carbocycles. The average molecular weight is 351 g/mol. The molecular formula is C16H9N5O3S. The van der Waals surface area contributed by atoms with Gasteiger partial charge in [0.15, 0.2) is 5.82 Å². The Morgan fingerprint density at radius 3 is 2.72 bits per heavy atom. The molecule has 0 radical (unpaired) electrons. The van der Waals surface area contributed by atoms with E-state index in [-0.39, 0.29) is 10.9 Å². The van der Waals surface area contributed by atoms with Crippen LogP contribution in [0.15, 0.2) is 53.8 Å². The Kier molecular flexibility index (Phi) is 3.55. The Hall–Kier alpha value is -3.46. The minimum absolute atomic E-state index is 0.211. The molecule has 0 unspecified atom stereocenters. The van der Waals surface area contributed by atoms with Crippen LogP contribution in [0, 0.1) is 0 Å². The molecule has 0 aliphatic rings. The Morgan fingerprint density at radius 2 is 1.96 bits per heavy atom. The number of nitrogens with zero attached hydrogens (tertiary/aromatic N) is 5. The van der Waals surface area contributed by atoms with Crippen molar-refractivity contribution in [2.24, 2.45) is 0 Å². The zero-order valence-electron chi connectivity index (χ0n) is 12.5. The molecule has 0 bridgehead atoms. The number of aromatic nitrogens is 5. The van der Waals surface area contributed by atoms with E-state index in [9.17, 15) is 14.7 Å². The molecule has 1 N–H and O–H groups in total. The molecule has 0 amide bonds. The maximum Gasteiger partial charge on any atom is 0.341 e. The first kappa shape index (κ1) is 15.1. The summed E-state index contributed by atoms with van der Waals surface area (Å²) in [6, 6.07) is 6.67. The van der Waals surface area contributed by atoms with Gasteiger partial charge in [-0.3, -0.25) is 14.3 Å². The summed E-state index contributed by atoms with van der Waals surface area (Å²) in [6.45, 7) is 0. The first-order chi connectivity index (χ1) is 12.1. The monoisotopic (exact) mass is 351 g/mol. The van der Waals surface area contributed by atoms with Gasteiger partial charge in [-0.2, -0.15) is 9.36 Å². The van der Waals surface area contributed by atoms with Crippen molar-refractivity contribution in [3.8, 4) is 16.5 Å². The molecule has 0 spiro atoms. The van der Waals surface area contributed by atoms with Crippen LogP contribution < -0.4 is 5.43 Å². The van der Waals surface area contributed by atoms with Crippen molar-refractivity contribution in [3.05, 3.63) is 64.8 Å². The summed E-state index contributed by atoms with van der Waals surface area (Å²) < 4.78 is 5.77. The second kappa shape index (κ2) is 5.87. The molecule has 0 fully saturated rings. The summed E-state index contributed by atoms with van der Waals surface area (Å²) in [5.74, 6) is -0.814. The molecular weight excluding hydrogens is 342 g/mol. The number of fused-ring (bicyclic) bond motifs is 1. The van der Waals surface area contributed by atoms with Gasteiger partial charge in [-0.1, -0.05) is 0 Å². The first-order valence-corrected chi connectivity index (χ1v) is 7.90. The van der Waals surface area contributed by atoms with Crippen molar-refractivity contribution in [1.82, 2.24) is 23.9 Å². The molecule has 0 saturated carbocycles. The number of aromatic carboxylic acids is 1. The maximum absolute atomic E-state index is 12.3. The van der Waals surface area contributed by atoms with Crippen molar-refractivity contribution < 1.29 is 9.90 Å². The average Bonchev–Trinajstić information content (AvgIpc) is 3.13. The second-order valence-electron chi connectivity index (χ2n) is 5.06. The quantitative estimate of drug-likeness (QED) is 0.601. The highest BCUT2D eigenvalue weighted by atomic mass is 32.1. The molecule has 0 saturated heterocycles. The molecule has 0 aliphatic heterocycles. The van der Waals surface area contributed by atoms with Gasteiger partial charge in [0.2, 0.25) is 10.6 Å². The topological polar surface area (TPSA) is 111 Å². The molecule has 0 atom stereocenters. The van der Waals surface area contributed by atoms with Crippen LogP contribution in [0.3, 0.4) is 0 Å². The van der Waals surface area contributed by atoms with E-state index in [1.54, 1.807) is 36.7 Å². The lowest BCUT2D eigenvalue weighted by Gasteiger charge is -2.07. The fourth-order valence-electron chi connectivity index (χ4n) is 2.39. The number of carboxylic acids is 1. The zero-order chi connectivity index (χ0) is 17.4. The van der Waals surface area contributed by atoms with Gasteiger partial charge in [-0.05, 0) is 24.3 Å². The van der Waals surface area contributed by atoms with Gasteiger partial charge in [-0.25, -0.2) is 9.78 Å². The predicted molar refractivity (Wildman–Crippen MR) is 91.0 cm³/mol. The van der Waals surface area contributed by atoms with E-state index in [0.29, 0.717) is 16.6 Å². The van der Waals surface area contributed by atoms with Crippen LogP contribution in [-0.4, -0.2) is 35.0 Å². The van der Waals surface area contributed by atoms with Crippen LogP contribution >= 0.6 is 11.5 Å². The van der Waals surface area contributed by atoms with Crippen LogP contribution in [0.5, 0.6) is 0 Å². The first-order valence-electron chi connectivity index (χ1n) is 7.13.